The number of rotatable bonds is 5. The topological polar surface area (TPSA) is 50.9 Å². The second kappa shape index (κ2) is 6.31. The first-order valence-corrected chi connectivity index (χ1v) is 6.63. The third-order valence-corrected chi connectivity index (χ3v) is 3.67. The Morgan fingerprint density at radius 3 is 2.41 bits per heavy atom. The van der Waals surface area contributed by atoms with Crippen molar-refractivity contribution in [3.05, 3.63) is 16.1 Å². The van der Waals surface area contributed by atoms with Gasteiger partial charge >= 0.3 is 0 Å². The number of hydrogen-bond donors (Lipinski definition) is 2. The van der Waals surface area contributed by atoms with Gasteiger partial charge in [-0.1, -0.05) is 49.9 Å². The summed E-state index contributed by atoms with van der Waals surface area (Å²) in [5.74, 6) is 1.49. The molecule has 5 heteroatoms. The van der Waals surface area contributed by atoms with Crippen LogP contribution in [0.1, 0.15) is 33.6 Å². The molecule has 1 rings (SSSR count). The van der Waals surface area contributed by atoms with Gasteiger partial charge in [0.05, 0.1) is 10.0 Å². The van der Waals surface area contributed by atoms with Gasteiger partial charge in [0.2, 0.25) is 0 Å². The third kappa shape index (κ3) is 3.65. The first-order valence-electron chi connectivity index (χ1n) is 5.87. The zero-order valence-electron chi connectivity index (χ0n) is 10.4. The molecule has 3 N–H and O–H groups in total. The molecule has 0 saturated carbocycles. The minimum Gasteiger partial charge on any atom is -0.382 e. The van der Waals surface area contributed by atoms with Crippen LogP contribution in [0.5, 0.6) is 0 Å². The largest absolute Gasteiger partial charge is 0.382 e. The molecule has 3 nitrogen and oxygen atoms in total. The lowest BCUT2D eigenvalue weighted by molar-refractivity contribution is 0.437. The highest BCUT2D eigenvalue weighted by atomic mass is 35.5. The highest BCUT2D eigenvalue weighted by Gasteiger charge is 2.16. The monoisotopic (exact) mass is 275 g/mol. The quantitative estimate of drug-likeness (QED) is 0.847. The van der Waals surface area contributed by atoms with Crippen LogP contribution in [0.25, 0.3) is 0 Å². The molecular weight excluding hydrogens is 257 g/mol. The first kappa shape index (κ1) is 14.4. The van der Waals surface area contributed by atoms with E-state index in [4.69, 9.17) is 28.9 Å². The Morgan fingerprint density at radius 1 is 1.29 bits per heavy atom. The number of halogens is 2. The number of aromatic nitrogens is 1. The number of nitrogens with one attached hydrogen (secondary N) is 1. The minimum absolute atomic E-state index is 0.301. The van der Waals surface area contributed by atoms with Gasteiger partial charge in [0.25, 0.3) is 0 Å². The Bertz CT molecular complexity index is 378. The fraction of sp³-hybridized carbons (Fsp3) is 0.583. The molecule has 0 aliphatic heterocycles. The molecule has 0 amide bonds. The molecule has 0 aliphatic carbocycles. The van der Waals surface area contributed by atoms with Crippen LogP contribution in [0.15, 0.2) is 6.07 Å². The van der Waals surface area contributed by atoms with Crippen molar-refractivity contribution >= 4 is 34.8 Å². The van der Waals surface area contributed by atoms with Crippen LogP contribution in [-0.4, -0.2) is 11.0 Å². The number of nitrogens with two attached hydrogens (primary N) is 1. The Kier molecular flexibility index (Phi) is 5.34. The van der Waals surface area contributed by atoms with E-state index >= 15 is 0 Å². The molecule has 0 fully saturated rings. The molecular formula is C12H19Cl2N3. The molecule has 0 radical (unpaired) electrons. The smallest absolute Gasteiger partial charge is 0.147 e. The summed E-state index contributed by atoms with van der Waals surface area (Å²) in [4.78, 5) is 4.17. The van der Waals surface area contributed by atoms with E-state index in [0.717, 1.165) is 12.8 Å². The van der Waals surface area contributed by atoms with E-state index < -0.39 is 0 Å². The van der Waals surface area contributed by atoms with Crippen LogP contribution in [0.4, 0.5) is 11.6 Å². The lowest BCUT2D eigenvalue weighted by atomic mass is 9.95. The molecule has 0 saturated heterocycles. The Balaban J connectivity index is 2.84. The van der Waals surface area contributed by atoms with Gasteiger partial charge in [-0.15, -0.1) is 0 Å². The maximum atomic E-state index is 6.07. The summed E-state index contributed by atoms with van der Waals surface area (Å²) in [5.41, 5.74) is 5.66. The zero-order valence-corrected chi connectivity index (χ0v) is 11.9. The highest BCUT2D eigenvalue weighted by Crippen LogP contribution is 2.29. The van der Waals surface area contributed by atoms with Gasteiger partial charge in [-0.25, -0.2) is 4.98 Å². The third-order valence-electron chi connectivity index (χ3n) is 3.08. The van der Waals surface area contributed by atoms with E-state index in [-0.39, 0.29) is 0 Å². The van der Waals surface area contributed by atoms with Crippen LogP contribution in [0.3, 0.4) is 0 Å². The number of nitrogens with zero attached hydrogens (tertiary/aromatic N) is 1. The summed E-state index contributed by atoms with van der Waals surface area (Å²) in [6.45, 7) is 6.48. The summed E-state index contributed by atoms with van der Waals surface area (Å²) in [7, 11) is 0. The molecule has 1 unspecified atom stereocenters. The number of hydrogen-bond acceptors (Lipinski definition) is 3. The van der Waals surface area contributed by atoms with Crippen molar-refractivity contribution in [3.8, 4) is 0 Å². The van der Waals surface area contributed by atoms with Gasteiger partial charge in [0.15, 0.2) is 0 Å². The minimum atomic E-state index is 0.301. The Labute approximate surface area is 113 Å². The van der Waals surface area contributed by atoms with Gasteiger partial charge in [-0.2, -0.15) is 0 Å². The van der Waals surface area contributed by atoms with E-state index in [2.05, 4.69) is 31.1 Å². The summed E-state index contributed by atoms with van der Waals surface area (Å²) in [6, 6.07) is 1.92. The fourth-order valence-corrected chi connectivity index (χ4v) is 2.32. The van der Waals surface area contributed by atoms with E-state index in [9.17, 15) is 0 Å². The van der Waals surface area contributed by atoms with Gasteiger partial charge in [-0.3, -0.25) is 0 Å². The predicted molar refractivity (Wildman–Crippen MR) is 75.8 cm³/mol. The van der Waals surface area contributed by atoms with Crippen LogP contribution in [-0.2, 0) is 0 Å². The van der Waals surface area contributed by atoms with Crippen LogP contribution in [0, 0.1) is 5.92 Å². The molecule has 96 valence electrons. The van der Waals surface area contributed by atoms with Crippen LogP contribution < -0.4 is 11.1 Å². The number of pyridine rings is 1. The predicted octanol–water partition coefficient (Wildman–Crippen LogP) is 4.21. The van der Waals surface area contributed by atoms with Gasteiger partial charge in [0, 0.05) is 6.04 Å². The van der Waals surface area contributed by atoms with Crippen molar-refractivity contribution in [2.45, 2.75) is 39.7 Å². The Morgan fingerprint density at radius 2 is 1.88 bits per heavy atom. The van der Waals surface area contributed by atoms with E-state index in [1.165, 1.54) is 0 Å². The Hall–Kier alpha value is -0.670. The highest BCUT2D eigenvalue weighted by molar-refractivity contribution is 6.37. The molecule has 1 atom stereocenters. The van der Waals surface area contributed by atoms with Crippen molar-refractivity contribution in [1.29, 1.82) is 0 Å². The van der Waals surface area contributed by atoms with E-state index in [1.54, 1.807) is 6.07 Å². The van der Waals surface area contributed by atoms with Crippen molar-refractivity contribution in [3.63, 3.8) is 0 Å². The summed E-state index contributed by atoms with van der Waals surface area (Å²) >= 11 is 11.9. The standard InChI is InChI=1S/C12H19Cl2N3/c1-4-8(5-2)7(3)16-12-10(14)6-9(13)11(15)17-12/h6-8H,4-5H2,1-3H3,(H3,15,16,17). The molecule has 0 bridgehead atoms. The SMILES string of the molecule is CCC(CC)C(C)Nc1nc(N)c(Cl)cc1Cl. The average molecular weight is 276 g/mol. The molecule has 0 spiro atoms. The molecule has 1 aromatic rings. The van der Waals surface area contributed by atoms with Crippen LogP contribution >= 0.6 is 23.2 Å². The fourth-order valence-electron chi connectivity index (χ4n) is 1.91. The van der Waals surface area contributed by atoms with E-state index in [0.29, 0.717) is 33.6 Å². The maximum Gasteiger partial charge on any atom is 0.147 e. The second-order valence-corrected chi connectivity index (χ2v) is 5.01. The van der Waals surface area contributed by atoms with Crippen molar-refractivity contribution < 1.29 is 0 Å². The number of nitrogen functional groups attached to an aromatic ring is 1. The molecule has 0 aliphatic rings. The average Bonchev–Trinajstić information content (AvgIpc) is 2.27. The van der Waals surface area contributed by atoms with Gasteiger partial charge in [0.1, 0.15) is 11.6 Å². The summed E-state index contributed by atoms with van der Waals surface area (Å²) in [5, 5.41) is 4.19. The summed E-state index contributed by atoms with van der Waals surface area (Å²) < 4.78 is 0. The molecule has 17 heavy (non-hydrogen) atoms. The maximum absolute atomic E-state index is 6.07. The van der Waals surface area contributed by atoms with Crippen molar-refractivity contribution in [2.75, 3.05) is 11.1 Å². The molecule has 1 heterocycles. The number of anilines is 2. The normalized spacial score (nSPS) is 12.8. The zero-order chi connectivity index (χ0) is 13.0. The molecule has 1 aromatic heterocycles. The van der Waals surface area contributed by atoms with Crippen LogP contribution in [0.2, 0.25) is 10.0 Å². The van der Waals surface area contributed by atoms with Crippen molar-refractivity contribution in [2.24, 2.45) is 5.92 Å². The lowest BCUT2D eigenvalue weighted by Crippen LogP contribution is -2.25. The first-order chi connectivity index (χ1) is 7.99. The molecule has 0 aromatic carbocycles. The van der Waals surface area contributed by atoms with E-state index in [1.807, 2.05) is 0 Å². The summed E-state index contributed by atoms with van der Waals surface area (Å²) in [6.07, 6.45) is 2.23. The lowest BCUT2D eigenvalue weighted by Gasteiger charge is -2.23. The van der Waals surface area contributed by atoms with Crippen molar-refractivity contribution in [1.82, 2.24) is 4.98 Å². The second-order valence-electron chi connectivity index (χ2n) is 4.20. The van der Waals surface area contributed by atoms with Gasteiger partial charge < -0.3 is 11.1 Å². The van der Waals surface area contributed by atoms with Gasteiger partial charge in [-0.05, 0) is 18.9 Å².